The summed E-state index contributed by atoms with van der Waals surface area (Å²) < 4.78 is 6.67. The predicted molar refractivity (Wildman–Crippen MR) is 79.8 cm³/mol. The molecule has 6 nitrogen and oxygen atoms in total. The zero-order valence-electron chi connectivity index (χ0n) is 12.7. The third-order valence-corrected chi connectivity index (χ3v) is 3.92. The normalized spacial score (nSPS) is 16.0. The molecule has 0 atom stereocenters. The molecule has 0 radical (unpaired) electrons. The Hall–Kier alpha value is -1.98. The van der Waals surface area contributed by atoms with E-state index >= 15 is 0 Å². The molecule has 1 amide bonds. The quantitative estimate of drug-likeness (QED) is 0.854. The zero-order valence-corrected chi connectivity index (χ0v) is 12.7. The van der Waals surface area contributed by atoms with Crippen LogP contribution in [0.1, 0.15) is 36.7 Å². The van der Waals surface area contributed by atoms with E-state index in [0.717, 1.165) is 13.0 Å². The zero-order chi connectivity index (χ0) is 15.4. The third-order valence-electron chi connectivity index (χ3n) is 3.92. The first-order valence-corrected chi connectivity index (χ1v) is 7.39. The van der Waals surface area contributed by atoms with Crippen molar-refractivity contribution in [2.45, 2.75) is 32.7 Å². The van der Waals surface area contributed by atoms with Crippen LogP contribution in [0.3, 0.4) is 0 Å². The molecular weight excluding hydrogens is 270 g/mol. The number of aromatic nitrogens is 1. The number of esters is 1. The highest BCUT2D eigenvalue weighted by Crippen LogP contribution is 2.21. The number of anilines is 1. The minimum absolute atomic E-state index is 0.0107. The van der Waals surface area contributed by atoms with Gasteiger partial charge in [-0.1, -0.05) is 6.92 Å². The van der Waals surface area contributed by atoms with Gasteiger partial charge in [0.25, 0.3) is 5.91 Å². The maximum Gasteiger partial charge on any atom is 0.308 e. The highest BCUT2D eigenvalue weighted by atomic mass is 16.5. The number of methoxy groups -OCH3 is 1. The van der Waals surface area contributed by atoms with Gasteiger partial charge in [-0.2, -0.15) is 0 Å². The van der Waals surface area contributed by atoms with Gasteiger partial charge < -0.3 is 19.9 Å². The summed E-state index contributed by atoms with van der Waals surface area (Å²) in [6.07, 6.45) is 4.06. The van der Waals surface area contributed by atoms with Crippen LogP contribution in [0.4, 0.5) is 5.69 Å². The van der Waals surface area contributed by atoms with Crippen LogP contribution in [-0.2, 0) is 16.1 Å². The van der Waals surface area contributed by atoms with Gasteiger partial charge in [-0.15, -0.1) is 0 Å². The van der Waals surface area contributed by atoms with Gasteiger partial charge in [-0.25, -0.2) is 0 Å². The summed E-state index contributed by atoms with van der Waals surface area (Å²) in [5.74, 6) is -0.282. The third kappa shape index (κ3) is 3.37. The van der Waals surface area contributed by atoms with E-state index in [1.165, 1.54) is 7.11 Å². The summed E-state index contributed by atoms with van der Waals surface area (Å²) in [4.78, 5) is 25.9. The van der Waals surface area contributed by atoms with Crippen molar-refractivity contribution in [1.82, 2.24) is 9.47 Å². The number of nitrogens with two attached hydrogens (primary N) is 1. The summed E-state index contributed by atoms with van der Waals surface area (Å²) in [5, 5.41) is 0. The molecule has 116 valence electrons. The Morgan fingerprint density at radius 1 is 1.38 bits per heavy atom. The molecule has 0 unspecified atom stereocenters. The predicted octanol–water partition coefficient (Wildman–Crippen LogP) is 1.51. The Morgan fingerprint density at radius 2 is 2.05 bits per heavy atom. The molecule has 1 aromatic heterocycles. The lowest BCUT2D eigenvalue weighted by molar-refractivity contribution is -0.146. The van der Waals surface area contributed by atoms with Gasteiger partial charge in [0.2, 0.25) is 0 Å². The standard InChI is InChI=1S/C15H23N3O3/c1-3-6-18-10-12(16)9-13(18)14(19)17-7-4-11(5-8-17)15(20)21-2/h9-11H,3-8,16H2,1-2H3. The molecule has 21 heavy (non-hydrogen) atoms. The summed E-state index contributed by atoms with van der Waals surface area (Å²) in [6, 6.07) is 1.73. The van der Waals surface area contributed by atoms with Gasteiger partial charge in [-0.05, 0) is 25.3 Å². The lowest BCUT2D eigenvalue weighted by atomic mass is 9.97. The largest absolute Gasteiger partial charge is 0.469 e. The van der Waals surface area contributed by atoms with Crippen LogP contribution >= 0.6 is 0 Å². The van der Waals surface area contributed by atoms with Crippen LogP contribution in [0, 0.1) is 5.92 Å². The number of carbonyl (C=O) groups is 2. The van der Waals surface area contributed by atoms with Crippen molar-refractivity contribution in [3.05, 3.63) is 18.0 Å². The lowest BCUT2D eigenvalue weighted by Gasteiger charge is -2.30. The number of aryl methyl sites for hydroxylation is 1. The highest BCUT2D eigenvalue weighted by Gasteiger charge is 2.29. The van der Waals surface area contributed by atoms with Gasteiger partial charge in [0.1, 0.15) is 5.69 Å². The van der Waals surface area contributed by atoms with E-state index in [2.05, 4.69) is 6.92 Å². The van der Waals surface area contributed by atoms with Crippen molar-refractivity contribution in [1.29, 1.82) is 0 Å². The smallest absolute Gasteiger partial charge is 0.308 e. The maximum absolute atomic E-state index is 12.6. The molecule has 2 heterocycles. The number of rotatable bonds is 4. The first kappa shape index (κ1) is 15.4. The molecule has 1 aliphatic heterocycles. The Kier molecular flexibility index (Phi) is 4.88. The van der Waals surface area contributed by atoms with E-state index in [9.17, 15) is 9.59 Å². The molecule has 0 spiro atoms. The molecule has 0 bridgehead atoms. The number of piperidine rings is 1. The molecule has 2 N–H and O–H groups in total. The van der Waals surface area contributed by atoms with E-state index in [1.54, 1.807) is 17.2 Å². The fraction of sp³-hybridized carbons (Fsp3) is 0.600. The SMILES string of the molecule is CCCn1cc(N)cc1C(=O)N1CCC(C(=O)OC)CC1. The average Bonchev–Trinajstić information content (AvgIpc) is 2.87. The Bertz CT molecular complexity index is 516. The van der Waals surface area contributed by atoms with Crippen molar-refractivity contribution in [2.75, 3.05) is 25.9 Å². The number of amides is 1. The van der Waals surface area contributed by atoms with Crippen molar-refractivity contribution in [2.24, 2.45) is 5.92 Å². The van der Waals surface area contributed by atoms with Gasteiger partial charge in [0.15, 0.2) is 0 Å². The summed E-state index contributed by atoms with van der Waals surface area (Å²) in [5.41, 5.74) is 7.04. The molecule has 1 aromatic rings. The fourth-order valence-corrected chi connectivity index (χ4v) is 2.78. The van der Waals surface area contributed by atoms with Crippen molar-refractivity contribution < 1.29 is 14.3 Å². The molecule has 1 saturated heterocycles. The number of hydrogen-bond acceptors (Lipinski definition) is 4. The minimum atomic E-state index is -0.180. The summed E-state index contributed by atoms with van der Waals surface area (Å²) in [7, 11) is 1.40. The maximum atomic E-state index is 12.6. The number of nitrogen functional groups attached to an aromatic ring is 1. The van der Waals surface area contributed by atoms with Crippen LogP contribution in [0.5, 0.6) is 0 Å². The van der Waals surface area contributed by atoms with Crippen LogP contribution in [-0.4, -0.2) is 41.5 Å². The molecular formula is C15H23N3O3. The lowest BCUT2D eigenvalue weighted by Crippen LogP contribution is -2.41. The minimum Gasteiger partial charge on any atom is -0.469 e. The number of hydrogen-bond donors (Lipinski definition) is 1. The van der Waals surface area contributed by atoms with Gasteiger partial charge >= 0.3 is 5.97 Å². The molecule has 0 aliphatic carbocycles. The summed E-state index contributed by atoms with van der Waals surface area (Å²) >= 11 is 0. The van der Waals surface area contributed by atoms with E-state index in [-0.39, 0.29) is 17.8 Å². The van der Waals surface area contributed by atoms with Crippen molar-refractivity contribution >= 4 is 17.6 Å². The molecule has 0 saturated carbocycles. The summed E-state index contributed by atoms with van der Waals surface area (Å²) in [6.45, 7) is 3.99. The molecule has 1 fully saturated rings. The van der Waals surface area contributed by atoms with Crippen molar-refractivity contribution in [3.63, 3.8) is 0 Å². The van der Waals surface area contributed by atoms with E-state index in [4.69, 9.17) is 10.5 Å². The number of nitrogens with zero attached hydrogens (tertiary/aromatic N) is 2. The first-order valence-electron chi connectivity index (χ1n) is 7.39. The number of ether oxygens (including phenoxy) is 1. The average molecular weight is 293 g/mol. The molecule has 2 rings (SSSR count). The fourth-order valence-electron chi connectivity index (χ4n) is 2.78. The van der Waals surface area contributed by atoms with E-state index in [0.29, 0.717) is 37.3 Å². The Labute approximate surface area is 124 Å². The topological polar surface area (TPSA) is 77.6 Å². The van der Waals surface area contributed by atoms with Crippen molar-refractivity contribution in [3.8, 4) is 0 Å². The number of likely N-dealkylation sites (tertiary alicyclic amines) is 1. The van der Waals surface area contributed by atoms with Gasteiger partial charge in [-0.3, -0.25) is 9.59 Å². The van der Waals surface area contributed by atoms with Crippen LogP contribution in [0.2, 0.25) is 0 Å². The highest BCUT2D eigenvalue weighted by molar-refractivity contribution is 5.94. The Balaban J connectivity index is 2.03. The van der Waals surface area contributed by atoms with E-state index < -0.39 is 0 Å². The second kappa shape index (κ2) is 6.65. The van der Waals surface area contributed by atoms with Crippen LogP contribution < -0.4 is 5.73 Å². The second-order valence-electron chi connectivity index (χ2n) is 5.44. The molecule has 1 aliphatic rings. The second-order valence-corrected chi connectivity index (χ2v) is 5.44. The Morgan fingerprint density at radius 3 is 2.62 bits per heavy atom. The number of carbonyl (C=O) groups excluding carboxylic acids is 2. The first-order chi connectivity index (χ1) is 10.1. The molecule has 6 heteroatoms. The monoisotopic (exact) mass is 293 g/mol. The van der Waals surface area contributed by atoms with E-state index in [1.807, 2.05) is 4.57 Å². The molecule has 0 aromatic carbocycles. The van der Waals surface area contributed by atoms with Gasteiger partial charge in [0, 0.05) is 25.8 Å². The van der Waals surface area contributed by atoms with Crippen LogP contribution in [0.25, 0.3) is 0 Å². The van der Waals surface area contributed by atoms with Crippen LogP contribution in [0.15, 0.2) is 12.3 Å². The van der Waals surface area contributed by atoms with Gasteiger partial charge in [0.05, 0.1) is 18.7 Å².